The molecule has 1 heterocycles. The largest absolute Gasteiger partial charge is 0.352 e. The van der Waals surface area contributed by atoms with E-state index in [-0.39, 0.29) is 11.9 Å². The third kappa shape index (κ3) is 4.27. The van der Waals surface area contributed by atoms with E-state index in [4.69, 9.17) is 0 Å². The van der Waals surface area contributed by atoms with Gasteiger partial charge in [-0.2, -0.15) is 4.31 Å². The normalized spacial score (nSPS) is 20.9. The highest BCUT2D eigenvalue weighted by Crippen LogP contribution is 2.22. The number of hydrogen-bond acceptors (Lipinski definition) is 4. The van der Waals surface area contributed by atoms with Gasteiger partial charge in [0.2, 0.25) is 15.9 Å². The van der Waals surface area contributed by atoms with Crippen LogP contribution in [0.2, 0.25) is 0 Å². The van der Waals surface area contributed by atoms with Crippen LogP contribution in [0.25, 0.3) is 0 Å². The first-order chi connectivity index (χ1) is 12.3. The van der Waals surface area contributed by atoms with E-state index in [0.717, 1.165) is 18.4 Å². The lowest BCUT2D eigenvalue weighted by molar-refractivity contribution is -0.126. The second-order valence-corrected chi connectivity index (χ2v) is 9.56. The summed E-state index contributed by atoms with van der Waals surface area (Å²) in [6.45, 7) is 8.04. The first-order valence-electron chi connectivity index (χ1n) is 9.43. The van der Waals surface area contributed by atoms with Gasteiger partial charge in [0.1, 0.15) is 0 Å². The van der Waals surface area contributed by atoms with E-state index in [9.17, 15) is 13.2 Å². The average molecular weight is 380 g/mol. The van der Waals surface area contributed by atoms with Crippen LogP contribution in [0.15, 0.2) is 29.2 Å². The molecule has 0 bridgehead atoms. The zero-order valence-corrected chi connectivity index (χ0v) is 16.6. The van der Waals surface area contributed by atoms with Gasteiger partial charge >= 0.3 is 0 Å². The molecule has 1 aliphatic heterocycles. The Labute approximate surface area is 156 Å². The maximum Gasteiger partial charge on any atom is 0.243 e. The molecule has 1 aliphatic carbocycles. The summed E-state index contributed by atoms with van der Waals surface area (Å²) in [7, 11) is -3.48. The fraction of sp³-hybridized carbons (Fsp3) is 0.632. The van der Waals surface area contributed by atoms with E-state index >= 15 is 0 Å². The molecule has 0 aromatic heterocycles. The number of rotatable bonds is 6. The van der Waals surface area contributed by atoms with Crippen LogP contribution in [0.1, 0.15) is 45.1 Å². The molecule has 0 radical (unpaired) electrons. The lowest BCUT2D eigenvalue weighted by atomic mass is 10.0. The molecule has 1 aromatic carbocycles. The van der Waals surface area contributed by atoms with Gasteiger partial charge in [-0.1, -0.05) is 26.0 Å². The summed E-state index contributed by atoms with van der Waals surface area (Å²) in [5.41, 5.74) is 1.13. The summed E-state index contributed by atoms with van der Waals surface area (Å²) in [5, 5.41) is 3.02. The van der Waals surface area contributed by atoms with Crippen LogP contribution in [0.3, 0.4) is 0 Å². The number of amides is 1. The summed E-state index contributed by atoms with van der Waals surface area (Å²) < 4.78 is 27.2. The van der Waals surface area contributed by atoms with Gasteiger partial charge in [-0.05, 0) is 43.4 Å². The second-order valence-electron chi connectivity index (χ2n) is 7.62. The lowest BCUT2D eigenvalue weighted by Gasteiger charge is -2.36. The molecule has 6 nitrogen and oxygen atoms in total. The van der Waals surface area contributed by atoms with Crippen molar-refractivity contribution in [3.8, 4) is 0 Å². The summed E-state index contributed by atoms with van der Waals surface area (Å²) in [4.78, 5) is 14.6. The van der Waals surface area contributed by atoms with Gasteiger partial charge in [0.05, 0.1) is 10.9 Å². The molecule has 1 saturated carbocycles. The Hall–Kier alpha value is -1.44. The molecule has 0 unspecified atom stereocenters. The highest BCUT2D eigenvalue weighted by atomic mass is 32.2. The second kappa shape index (κ2) is 7.66. The van der Waals surface area contributed by atoms with Crippen molar-refractivity contribution < 1.29 is 13.2 Å². The predicted octanol–water partition coefficient (Wildman–Crippen LogP) is 1.78. The Bertz CT molecular complexity index is 734. The standard InChI is InChI=1S/C19H29N3O3S/c1-14(2)16-4-8-18(9-5-16)26(24,25)22-12-10-21(11-13-22)15(3)19(23)20-17-6-7-17/h4-5,8-9,14-15,17H,6-7,10-13H2,1-3H3,(H,20,23)/t15-/m0/s1. The van der Waals surface area contributed by atoms with Gasteiger partial charge in [0, 0.05) is 32.2 Å². The number of nitrogens with zero attached hydrogens (tertiary/aromatic N) is 2. The van der Waals surface area contributed by atoms with Crippen LogP contribution in [-0.2, 0) is 14.8 Å². The molecular weight excluding hydrogens is 350 g/mol. The van der Waals surface area contributed by atoms with Crippen molar-refractivity contribution >= 4 is 15.9 Å². The first kappa shape index (κ1) is 19.3. The molecule has 2 aliphatic rings. The monoisotopic (exact) mass is 379 g/mol. The number of sulfonamides is 1. The van der Waals surface area contributed by atoms with Crippen molar-refractivity contribution in [2.45, 2.75) is 56.5 Å². The Morgan fingerprint density at radius 2 is 1.62 bits per heavy atom. The molecule has 0 spiro atoms. The molecular formula is C19H29N3O3S. The van der Waals surface area contributed by atoms with E-state index < -0.39 is 10.0 Å². The highest BCUT2D eigenvalue weighted by Gasteiger charge is 2.33. The number of carbonyl (C=O) groups excluding carboxylic acids is 1. The summed E-state index contributed by atoms with van der Waals surface area (Å²) in [5.74, 6) is 0.423. The zero-order valence-electron chi connectivity index (χ0n) is 15.8. The number of hydrogen-bond donors (Lipinski definition) is 1. The van der Waals surface area contributed by atoms with E-state index in [1.807, 2.05) is 19.1 Å². The Morgan fingerprint density at radius 3 is 2.12 bits per heavy atom. The van der Waals surface area contributed by atoms with E-state index in [1.165, 1.54) is 4.31 Å². The van der Waals surface area contributed by atoms with Gasteiger partial charge in [0.15, 0.2) is 0 Å². The van der Waals surface area contributed by atoms with Crippen molar-refractivity contribution in [3.05, 3.63) is 29.8 Å². The minimum atomic E-state index is -3.48. The van der Waals surface area contributed by atoms with Crippen LogP contribution >= 0.6 is 0 Å². The maximum absolute atomic E-state index is 12.9. The van der Waals surface area contributed by atoms with E-state index in [0.29, 0.717) is 43.0 Å². The quantitative estimate of drug-likeness (QED) is 0.818. The Morgan fingerprint density at radius 1 is 1.04 bits per heavy atom. The molecule has 1 atom stereocenters. The average Bonchev–Trinajstić information content (AvgIpc) is 3.45. The molecule has 1 N–H and O–H groups in total. The molecule has 1 amide bonds. The van der Waals surface area contributed by atoms with Crippen LogP contribution in [0, 0.1) is 0 Å². The van der Waals surface area contributed by atoms with Crippen LogP contribution in [0.5, 0.6) is 0 Å². The lowest BCUT2D eigenvalue weighted by Crippen LogP contribution is -2.55. The molecule has 2 fully saturated rings. The van der Waals surface area contributed by atoms with Gasteiger partial charge in [0.25, 0.3) is 0 Å². The number of piperazine rings is 1. The molecule has 1 saturated heterocycles. The molecule has 3 rings (SSSR count). The van der Waals surface area contributed by atoms with Crippen molar-refractivity contribution in [2.24, 2.45) is 0 Å². The van der Waals surface area contributed by atoms with Gasteiger partial charge < -0.3 is 5.32 Å². The fourth-order valence-corrected chi connectivity index (χ4v) is 4.64. The van der Waals surface area contributed by atoms with Crippen molar-refractivity contribution in [3.63, 3.8) is 0 Å². The number of nitrogens with one attached hydrogen (secondary N) is 1. The van der Waals surface area contributed by atoms with Gasteiger partial charge in [-0.25, -0.2) is 8.42 Å². The van der Waals surface area contributed by atoms with E-state index in [2.05, 4.69) is 24.1 Å². The third-order valence-corrected chi connectivity index (χ3v) is 7.22. The number of benzene rings is 1. The minimum absolute atomic E-state index is 0.0491. The third-order valence-electron chi connectivity index (χ3n) is 5.31. The summed E-state index contributed by atoms with van der Waals surface area (Å²) in [6, 6.07) is 7.30. The van der Waals surface area contributed by atoms with Crippen molar-refractivity contribution in [1.29, 1.82) is 0 Å². The number of carbonyl (C=O) groups is 1. The molecule has 1 aromatic rings. The predicted molar refractivity (Wildman–Crippen MR) is 101 cm³/mol. The smallest absolute Gasteiger partial charge is 0.243 e. The first-order valence-corrected chi connectivity index (χ1v) is 10.9. The SMILES string of the molecule is CC(C)c1ccc(S(=O)(=O)N2CCN([C@@H](C)C(=O)NC3CC3)CC2)cc1. The fourth-order valence-electron chi connectivity index (χ4n) is 3.22. The minimum Gasteiger partial charge on any atom is -0.352 e. The topological polar surface area (TPSA) is 69.7 Å². The van der Waals surface area contributed by atoms with Crippen molar-refractivity contribution in [2.75, 3.05) is 26.2 Å². The van der Waals surface area contributed by atoms with Crippen LogP contribution < -0.4 is 5.32 Å². The summed E-state index contributed by atoms with van der Waals surface area (Å²) >= 11 is 0. The van der Waals surface area contributed by atoms with Crippen LogP contribution in [0.4, 0.5) is 0 Å². The van der Waals surface area contributed by atoms with Gasteiger partial charge in [-0.15, -0.1) is 0 Å². The van der Waals surface area contributed by atoms with Crippen molar-refractivity contribution in [1.82, 2.24) is 14.5 Å². The van der Waals surface area contributed by atoms with Gasteiger partial charge in [-0.3, -0.25) is 9.69 Å². The van der Waals surface area contributed by atoms with E-state index in [1.54, 1.807) is 12.1 Å². The zero-order chi connectivity index (χ0) is 18.9. The highest BCUT2D eigenvalue weighted by molar-refractivity contribution is 7.89. The molecule has 144 valence electrons. The Balaban J connectivity index is 1.60. The Kier molecular flexibility index (Phi) is 5.69. The maximum atomic E-state index is 12.9. The molecule has 7 heteroatoms. The van der Waals surface area contributed by atoms with Crippen LogP contribution in [-0.4, -0.2) is 61.8 Å². The molecule has 26 heavy (non-hydrogen) atoms. The summed E-state index contributed by atoms with van der Waals surface area (Å²) in [6.07, 6.45) is 2.14.